The number of benzene rings is 3. The van der Waals surface area contributed by atoms with Gasteiger partial charge in [0, 0.05) is 12.1 Å². The van der Waals surface area contributed by atoms with Crippen LogP contribution >= 0.6 is 0 Å². The van der Waals surface area contributed by atoms with Gasteiger partial charge in [-0.25, -0.2) is 0 Å². The molecule has 13 heteroatoms. The molecule has 2 aromatic heterocycles. The predicted molar refractivity (Wildman–Crippen MR) is 131 cm³/mol. The third-order valence-electron chi connectivity index (χ3n) is 5.47. The minimum absolute atomic E-state index is 0.0233. The third-order valence-corrected chi connectivity index (χ3v) is 5.47. The summed E-state index contributed by atoms with van der Waals surface area (Å²) in [5.74, 6) is 2.08. The fourth-order valence-electron chi connectivity index (χ4n) is 3.59. The van der Waals surface area contributed by atoms with Gasteiger partial charge in [0.25, 0.3) is 5.69 Å². The fourth-order valence-corrected chi connectivity index (χ4v) is 3.59. The van der Waals surface area contributed by atoms with Crippen molar-refractivity contribution in [3.05, 3.63) is 100 Å². The summed E-state index contributed by atoms with van der Waals surface area (Å²) in [5.41, 5.74) is 2.48. The van der Waals surface area contributed by atoms with Crippen molar-refractivity contribution in [2.75, 3.05) is 14.2 Å². The molecule has 0 fully saturated rings. The van der Waals surface area contributed by atoms with Crippen molar-refractivity contribution in [3.8, 4) is 22.9 Å². The minimum atomic E-state index is -0.455. The zero-order valence-corrected chi connectivity index (χ0v) is 19.7. The molecular formula is C24H19N9O4. The Morgan fingerprint density at radius 2 is 1.22 bits per heavy atom. The van der Waals surface area contributed by atoms with E-state index in [0.717, 1.165) is 0 Å². The van der Waals surface area contributed by atoms with E-state index >= 15 is 0 Å². The van der Waals surface area contributed by atoms with E-state index in [1.807, 2.05) is 24.3 Å². The van der Waals surface area contributed by atoms with E-state index in [-0.39, 0.29) is 5.69 Å². The van der Waals surface area contributed by atoms with Gasteiger partial charge in [0.05, 0.1) is 36.1 Å². The van der Waals surface area contributed by atoms with Gasteiger partial charge in [-0.3, -0.25) is 10.1 Å². The summed E-state index contributed by atoms with van der Waals surface area (Å²) in [7, 11) is 3.17. The van der Waals surface area contributed by atoms with Gasteiger partial charge in [-0.05, 0) is 93.2 Å². The maximum atomic E-state index is 11.1. The second kappa shape index (κ2) is 10.0. The molecule has 0 amide bonds. The highest BCUT2D eigenvalue weighted by molar-refractivity contribution is 5.87. The standard InChI is InChI=1S/C24H19N9O4/c1-36-20-11-7-17(8-12-20)31-23(25-27-29-31)22(15-16-3-5-19(6-4-16)33(34)35)24-26-28-30-32(24)18-9-13-21(37-2)14-10-18/h3-15H,1-2H3. The molecule has 0 radical (unpaired) electrons. The second-order valence-electron chi connectivity index (χ2n) is 7.63. The first-order valence-corrected chi connectivity index (χ1v) is 10.9. The highest BCUT2D eigenvalue weighted by Gasteiger charge is 2.22. The van der Waals surface area contributed by atoms with E-state index < -0.39 is 4.92 Å². The first-order valence-electron chi connectivity index (χ1n) is 10.9. The smallest absolute Gasteiger partial charge is 0.269 e. The van der Waals surface area contributed by atoms with Crippen LogP contribution in [0.1, 0.15) is 17.2 Å². The number of non-ortho nitro benzene ring substituents is 1. The van der Waals surface area contributed by atoms with Gasteiger partial charge < -0.3 is 9.47 Å². The molecule has 13 nitrogen and oxygen atoms in total. The Labute approximate surface area is 209 Å². The first-order chi connectivity index (χ1) is 18.1. The molecule has 37 heavy (non-hydrogen) atoms. The minimum Gasteiger partial charge on any atom is -0.497 e. The molecule has 184 valence electrons. The molecule has 0 unspecified atom stereocenters. The Hall–Kier alpha value is -5.46. The Morgan fingerprint density at radius 3 is 1.62 bits per heavy atom. The molecule has 5 aromatic rings. The van der Waals surface area contributed by atoms with Gasteiger partial charge in [0.1, 0.15) is 11.5 Å². The molecule has 0 aliphatic heterocycles. The van der Waals surface area contributed by atoms with Crippen molar-refractivity contribution in [1.29, 1.82) is 0 Å². The van der Waals surface area contributed by atoms with Gasteiger partial charge in [-0.15, -0.1) is 10.2 Å². The Bertz CT molecular complexity index is 1470. The van der Waals surface area contributed by atoms with Crippen LogP contribution in [0.15, 0.2) is 72.8 Å². The number of nitro benzene ring substituents is 1. The molecule has 3 aromatic carbocycles. The lowest BCUT2D eigenvalue weighted by Crippen LogP contribution is -2.09. The van der Waals surface area contributed by atoms with Gasteiger partial charge >= 0.3 is 0 Å². The number of rotatable bonds is 8. The summed E-state index contributed by atoms with van der Waals surface area (Å²) < 4.78 is 13.6. The highest BCUT2D eigenvalue weighted by Crippen LogP contribution is 2.27. The average Bonchev–Trinajstić information content (AvgIpc) is 3.63. The summed E-state index contributed by atoms with van der Waals surface area (Å²) >= 11 is 0. The maximum Gasteiger partial charge on any atom is 0.269 e. The van der Waals surface area contributed by atoms with Crippen LogP contribution < -0.4 is 9.47 Å². The molecule has 0 atom stereocenters. The number of tetrazole rings is 2. The van der Waals surface area contributed by atoms with Gasteiger partial charge in [0.2, 0.25) is 0 Å². The van der Waals surface area contributed by atoms with Crippen LogP contribution in [0, 0.1) is 10.1 Å². The predicted octanol–water partition coefficient (Wildman–Crippen LogP) is 3.15. The van der Waals surface area contributed by atoms with E-state index in [1.54, 1.807) is 66.1 Å². The monoisotopic (exact) mass is 497 g/mol. The molecule has 5 rings (SSSR count). The van der Waals surface area contributed by atoms with Gasteiger partial charge in [-0.2, -0.15) is 9.36 Å². The number of nitrogens with zero attached hydrogens (tertiary/aromatic N) is 9. The van der Waals surface area contributed by atoms with E-state index in [4.69, 9.17) is 9.47 Å². The fraction of sp³-hybridized carbons (Fsp3) is 0.0833. The van der Waals surface area contributed by atoms with Crippen LogP contribution in [0.25, 0.3) is 23.0 Å². The lowest BCUT2D eigenvalue weighted by molar-refractivity contribution is -0.384. The van der Waals surface area contributed by atoms with E-state index in [9.17, 15) is 10.1 Å². The number of ether oxygens (including phenoxy) is 2. The Balaban J connectivity index is 1.66. The van der Waals surface area contributed by atoms with E-state index in [2.05, 4.69) is 31.1 Å². The van der Waals surface area contributed by atoms with E-state index in [1.165, 1.54) is 12.1 Å². The quantitative estimate of drug-likeness (QED) is 0.231. The summed E-state index contributed by atoms with van der Waals surface area (Å²) in [4.78, 5) is 10.7. The first kappa shape index (κ1) is 23.3. The van der Waals surface area contributed by atoms with Crippen LogP contribution in [0.3, 0.4) is 0 Å². The van der Waals surface area contributed by atoms with Crippen molar-refractivity contribution < 1.29 is 14.4 Å². The van der Waals surface area contributed by atoms with Crippen LogP contribution in [0.4, 0.5) is 5.69 Å². The SMILES string of the molecule is COc1ccc(-n2nnnc2C(=Cc2ccc([N+](=O)[O-])cc2)c2nnnn2-c2ccc(OC)cc2)cc1. The maximum absolute atomic E-state index is 11.1. The molecule has 0 aliphatic rings. The van der Waals surface area contributed by atoms with Crippen molar-refractivity contribution >= 4 is 17.3 Å². The molecule has 0 saturated heterocycles. The van der Waals surface area contributed by atoms with Gasteiger partial charge in [-0.1, -0.05) is 0 Å². The summed E-state index contributed by atoms with van der Waals surface area (Å²) in [6.07, 6.45) is 1.77. The molecule has 0 saturated carbocycles. The number of hydrogen-bond acceptors (Lipinski definition) is 10. The van der Waals surface area contributed by atoms with Gasteiger partial charge in [0.15, 0.2) is 11.6 Å². The number of methoxy groups -OCH3 is 2. The lowest BCUT2D eigenvalue weighted by Gasteiger charge is -2.10. The number of hydrogen-bond donors (Lipinski definition) is 0. The molecule has 0 aliphatic carbocycles. The summed E-state index contributed by atoms with van der Waals surface area (Å²) in [5, 5.41) is 35.7. The molecule has 0 bridgehead atoms. The molecule has 0 spiro atoms. The number of aromatic nitrogens is 8. The molecule has 2 heterocycles. The number of nitro groups is 1. The van der Waals surface area contributed by atoms with Crippen molar-refractivity contribution in [3.63, 3.8) is 0 Å². The van der Waals surface area contributed by atoms with Crippen molar-refractivity contribution in [1.82, 2.24) is 40.4 Å². The Morgan fingerprint density at radius 1 is 0.757 bits per heavy atom. The van der Waals surface area contributed by atoms with Crippen LogP contribution in [0.2, 0.25) is 0 Å². The van der Waals surface area contributed by atoms with Crippen LogP contribution in [-0.2, 0) is 0 Å². The summed E-state index contributed by atoms with van der Waals surface area (Å²) in [6.45, 7) is 0. The van der Waals surface area contributed by atoms with Crippen LogP contribution in [0.5, 0.6) is 11.5 Å². The third kappa shape index (κ3) is 4.73. The van der Waals surface area contributed by atoms with Crippen molar-refractivity contribution in [2.24, 2.45) is 0 Å². The molecular weight excluding hydrogens is 478 g/mol. The largest absolute Gasteiger partial charge is 0.497 e. The Kier molecular flexibility index (Phi) is 6.31. The normalized spacial score (nSPS) is 10.6. The van der Waals surface area contributed by atoms with Crippen molar-refractivity contribution in [2.45, 2.75) is 0 Å². The lowest BCUT2D eigenvalue weighted by atomic mass is 10.1. The zero-order chi connectivity index (χ0) is 25.8. The summed E-state index contributed by atoms with van der Waals surface area (Å²) in [6, 6.07) is 20.5. The second-order valence-corrected chi connectivity index (χ2v) is 7.63. The molecule has 0 N–H and O–H groups in total. The van der Waals surface area contributed by atoms with E-state index in [0.29, 0.717) is 45.7 Å². The zero-order valence-electron chi connectivity index (χ0n) is 19.7. The highest BCUT2D eigenvalue weighted by atomic mass is 16.6. The van der Waals surface area contributed by atoms with Crippen LogP contribution in [-0.4, -0.2) is 59.6 Å². The topological polar surface area (TPSA) is 149 Å². The average molecular weight is 497 g/mol.